The molecular formula is C20H27N3O3. The van der Waals surface area contributed by atoms with Crippen LogP contribution in [-0.4, -0.2) is 40.1 Å². The standard InChI is InChI=1S/C20H27N3O3/c24-18-6-1-5-16-12-17(7-9-20(16)8-3-11-23(18)20)26-19(25)22-14-15-4-2-10-21-13-15/h2,4,10,13,16-17H,1,3,5-9,11-12,14H2,(H,22,25)/t16-,17-,20+/m0/s1. The fraction of sp³-hybridized carbons (Fsp3) is 0.650. The average molecular weight is 357 g/mol. The molecule has 6 heteroatoms. The highest BCUT2D eigenvalue weighted by Gasteiger charge is 2.52. The molecule has 3 fully saturated rings. The van der Waals surface area contributed by atoms with Crippen molar-refractivity contribution in [2.24, 2.45) is 5.92 Å². The summed E-state index contributed by atoms with van der Waals surface area (Å²) in [6.45, 7) is 1.33. The Balaban J connectivity index is 1.34. The van der Waals surface area contributed by atoms with E-state index in [1.807, 2.05) is 12.1 Å². The van der Waals surface area contributed by atoms with Crippen molar-refractivity contribution in [2.45, 2.75) is 69.6 Å². The van der Waals surface area contributed by atoms with E-state index in [0.29, 0.717) is 24.8 Å². The van der Waals surface area contributed by atoms with Crippen LogP contribution in [0.4, 0.5) is 4.79 Å². The molecule has 3 aliphatic rings. The van der Waals surface area contributed by atoms with Crippen LogP contribution in [0.15, 0.2) is 24.5 Å². The largest absolute Gasteiger partial charge is 0.446 e. The maximum absolute atomic E-state index is 12.5. The molecule has 0 radical (unpaired) electrons. The van der Waals surface area contributed by atoms with Gasteiger partial charge < -0.3 is 15.0 Å². The van der Waals surface area contributed by atoms with Crippen molar-refractivity contribution < 1.29 is 14.3 Å². The first kappa shape index (κ1) is 17.3. The average Bonchev–Trinajstić information content (AvgIpc) is 3.03. The SMILES string of the molecule is O=C(NCc1cccnc1)O[C@H]1CC[C@@]23CCCN2C(=O)CCC[C@H]3C1. The van der Waals surface area contributed by atoms with Gasteiger partial charge in [0.25, 0.3) is 0 Å². The van der Waals surface area contributed by atoms with Crippen LogP contribution in [0.2, 0.25) is 0 Å². The maximum Gasteiger partial charge on any atom is 0.407 e. The number of nitrogens with one attached hydrogen (secondary N) is 1. The van der Waals surface area contributed by atoms with Crippen LogP contribution in [0.5, 0.6) is 0 Å². The number of amides is 2. The Morgan fingerprint density at radius 2 is 2.27 bits per heavy atom. The zero-order valence-electron chi connectivity index (χ0n) is 15.2. The van der Waals surface area contributed by atoms with Crippen LogP contribution in [0.25, 0.3) is 0 Å². The summed E-state index contributed by atoms with van der Waals surface area (Å²) in [5, 5.41) is 2.82. The Kier molecular flexibility index (Phi) is 4.83. The lowest BCUT2D eigenvalue weighted by atomic mass is 9.69. The summed E-state index contributed by atoms with van der Waals surface area (Å²) < 4.78 is 5.70. The molecule has 3 atom stereocenters. The lowest BCUT2D eigenvalue weighted by molar-refractivity contribution is -0.138. The van der Waals surface area contributed by atoms with E-state index in [-0.39, 0.29) is 17.7 Å². The molecule has 6 nitrogen and oxygen atoms in total. The minimum atomic E-state index is -0.359. The Hall–Kier alpha value is -2.11. The molecule has 3 heterocycles. The van der Waals surface area contributed by atoms with Crippen molar-refractivity contribution in [3.8, 4) is 0 Å². The van der Waals surface area contributed by atoms with E-state index in [1.54, 1.807) is 12.4 Å². The monoisotopic (exact) mass is 357 g/mol. The Labute approximate surface area is 154 Å². The van der Waals surface area contributed by atoms with Crippen molar-refractivity contribution in [1.29, 1.82) is 0 Å². The number of rotatable bonds is 3. The highest BCUT2D eigenvalue weighted by Crippen LogP contribution is 2.49. The topological polar surface area (TPSA) is 71.5 Å². The third-order valence-corrected chi connectivity index (χ3v) is 6.41. The molecule has 2 aliphatic heterocycles. The highest BCUT2D eigenvalue weighted by atomic mass is 16.6. The second-order valence-electron chi connectivity index (χ2n) is 7.86. The van der Waals surface area contributed by atoms with Gasteiger partial charge in [0.05, 0.1) is 0 Å². The van der Waals surface area contributed by atoms with Gasteiger partial charge in [-0.05, 0) is 62.5 Å². The molecule has 1 aliphatic carbocycles. The second-order valence-corrected chi connectivity index (χ2v) is 7.86. The number of pyridine rings is 1. The van der Waals surface area contributed by atoms with Gasteiger partial charge in [-0.3, -0.25) is 9.78 Å². The Bertz CT molecular complexity index is 666. The molecule has 0 unspecified atom stereocenters. The first-order valence-electron chi connectivity index (χ1n) is 9.81. The van der Waals surface area contributed by atoms with Crippen LogP contribution in [-0.2, 0) is 16.1 Å². The molecule has 0 bridgehead atoms. The summed E-state index contributed by atoms with van der Waals surface area (Å²) in [5.41, 5.74) is 0.996. The molecule has 1 aromatic rings. The molecule has 140 valence electrons. The molecule has 2 saturated heterocycles. The lowest BCUT2D eigenvalue weighted by Crippen LogP contribution is -2.54. The van der Waals surface area contributed by atoms with Gasteiger partial charge in [-0.2, -0.15) is 0 Å². The summed E-state index contributed by atoms with van der Waals surface area (Å²) >= 11 is 0. The molecule has 26 heavy (non-hydrogen) atoms. The highest BCUT2D eigenvalue weighted by molar-refractivity contribution is 5.78. The maximum atomic E-state index is 12.5. The normalized spacial score (nSPS) is 30.9. The van der Waals surface area contributed by atoms with E-state index >= 15 is 0 Å². The predicted molar refractivity (Wildman–Crippen MR) is 96.2 cm³/mol. The smallest absolute Gasteiger partial charge is 0.407 e. The molecule has 1 spiro atoms. The zero-order valence-corrected chi connectivity index (χ0v) is 15.2. The number of alkyl carbamates (subject to hydrolysis) is 1. The number of ether oxygens (including phenoxy) is 1. The van der Waals surface area contributed by atoms with E-state index in [9.17, 15) is 9.59 Å². The van der Waals surface area contributed by atoms with Gasteiger partial charge in [-0.15, -0.1) is 0 Å². The van der Waals surface area contributed by atoms with Gasteiger partial charge in [0.15, 0.2) is 0 Å². The number of carbonyl (C=O) groups is 2. The number of hydrogen-bond donors (Lipinski definition) is 1. The summed E-state index contributed by atoms with van der Waals surface area (Å²) in [6.07, 6.45) is 10.7. The van der Waals surface area contributed by atoms with E-state index < -0.39 is 0 Å². The van der Waals surface area contributed by atoms with Crippen LogP contribution in [0.3, 0.4) is 0 Å². The van der Waals surface area contributed by atoms with Gasteiger partial charge in [0, 0.05) is 37.4 Å². The molecule has 0 aromatic carbocycles. The molecule has 1 N–H and O–H groups in total. The lowest BCUT2D eigenvalue weighted by Gasteiger charge is -2.48. The Morgan fingerprint density at radius 1 is 1.35 bits per heavy atom. The minimum absolute atomic E-state index is 0.0413. The Morgan fingerprint density at radius 3 is 3.12 bits per heavy atom. The van der Waals surface area contributed by atoms with Crippen LogP contribution in [0, 0.1) is 5.92 Å². The summed E-state index contributed by atoms with van der Waals surface area (Å²) in [6, 6.07) is 3.78. The van der Waals surface area contributed by atoms with Crippen molar-refractivity contribution in [3.63, 3.8) is 0 Å². The van der Waals surface area contributed by atoms with Crippen molar-refractivity contribution in [3.05, 3.63) is 30.1 Å². The fourth-order valence-corrected chi connectivity index (χ4v) is 5.23. The van der Waals surface area contributed by atoms with E-state index in [1.165, 1.54) is 0 Å². The molecule has 1 aromatic heterocycles. The summed E-state index contributed by atoms with van der Waals surface area (Å²) in [7, 11) is 0. The summed E-state index contributed by atoms with van der Waals surface area (Å²) in [4.78, 5) is 30.8. The third-order valence-electron chi connectivity index (χ3n) is 6.41. The number of aromatic nitrogens is 1. The van der Waals surface area contributed by atoms with E-state index in [4.69, 9.17) is 4.74 Å². The van der Waals surface area contributed by atoms with E-state index in [0.717, 1.165) is 57.1 Å². The quantitative estimate of drug-likeness (QED) is 0.903. The summed E-state index contributed by atoms with van der Waals surface area (Å²) in [5.74, 6) is 0.792. The van der Waals surface area contributed by atoms with E-state index in [2.05, 4.69) is 15.2 Å². The second kappa shape index (κ2) is 7.25. The molecule has 4 rings (SSSR count). The fourth-order valence-electron chi connectivity index (χ4n) is 5.23. The molecule has 2 amide bonds. The van der Waals surface area contributed by atoms with Gasteiger partial charge in [-0.25, -0.2) is 4.79 Å². The molecular weight excluding hydrogens is 330 g/mol. The number of nitrogens with zero attached hydrogens (tertiary/aromatic N) is 2. The van der Waals surface area contributed by atoms with Crippen molar-refractivity contribution in [2.75, 3.05) is 6.54 Å². The van der Waals surface area contributed by atoms with Crippen LogP contribution < -0.4 is 5.32 Å². The number of carbonyl (C=O) groups excluding carboxylic acids is 2. The molecule has 1 saturated carbocycles. The van der Waals surface area contributed by atoms with Gasteiger partial charge in [0.2, 0.25) is 5.91 Å². The third kappa shape index (κ3) is 3.29. The van der Waals surface area contributed by atoms with Gasteiger partial charge >= 0.3 is 6.09 Å². The van der Waals surface area contributed by atoms with Crippen LogP contribution >= 0.6 is 0 Å². The van der Waals surface area contributed by atoms with Crippen LogP contribution in [0.1, 0.15) is 56.9 Å². The van der Waals surface area contributed by atoms with Gasteiger partial charge in [-0.1, -0.05) is 6.07 Å². The minimum Gasteiger partial charge on any atom is -0.446 e. The first-order chi connectivity index (χ1) is 12.7. The number of hydrogen-bond acceptors (Lipinski definition) is 4. The van der Waals surface area contributed by atoms with Crippen molar-refractivity contribution >= 4 is 12.0 Å². The predicted octanol–water partition coefficient (Wildman–Crippen LogP) is 3.02. The van der Waals surface area contributed by atoms with Gasteiger partial charge in [0.1, 0.15) is 6.10 Å². The van der Waals surface area contributed by atoms with Crippen molar-refractivity contribution in [1.82, 2.24) is 15.2 Å². The zero-order chi connectivity index (χ0) is 18.0. The first-order valence-corrected chi connectivity index (χ1v) is 9.81.